The van der Waals surface area contributed by atoms with Crippen LogP contribution in [0.15, 0.2) is 66.7 Å². The number of hydrogen-bond acceptors (Lipinski definition) is 9. The highest BCUT2D eigenvalue weighted by Gasteiger charge is 2.26. The summed E-state index contributed by atoms with van der Waals surface area (Å²) in [5.74, 6) is 1.48. The van der Waals surface area contributed by atoms with E-state index in [-0.39, 0.29) is 24.2 Å². The number of aryl methyl sites for hydroxylation is 1. The Morgan fingerprint density at radius 3 is 2.65 bits per heavy atom. The fraction of sp³-hybridized carbons (Fsp3) is 0.325. The number of aromatic nitrogens is 3. The van der Waals surface area contributed by atoms with Crippen LogP contribution in [0.5, 0.6) is 17.4 Å². The molecule has 7 rings (SSSR count). The van der Waals surface area contributed by atoms with Crippen LogP contribution in [0.4, 0.5) is 5.69 Å². The number of ether oxygens (including phenoxy) is 5. The molecule has 0 N–H and O–H groups in total. The van der Waals surface area contributed by atoms with E-state index in [9.17, 15) is 9.59 Å². The van der Waals surface area contributed by atoms with Gasteiger partial charge in [-0.3, -0.25) is 4.79 Å². The second kappa shape index (κ2) is 15.1. The number of carbonyl (C=O) groups is 2. The van der Waals surface area contributed by atoms with E-state index >= 15 is 0 Å². The summed E-state index contributed by atoms with van der Waals surface area (Å²) >= 11 is 0. The summed E-state index contributed by atoms with van der Waals surface area (Å²) in [4.78, 5) is 40.2. The minimum Gasteiger partial charge on any atom is -0.493 e. The zero-order valence-electron chi connectivity index (χ0n) is 29.4. The van der Waals surface area contributed by atoms with E-state index in [0.29, 0.717) is 73.3 Å². The maximum absolute atomic E-state index is 12.8. The van der Waals surface area contributed by atoms with E-state index in [1.807, 2.05) is 54.6 Å². The van der Waals surface area contributed by atoms with Gasteiger partial charge in [-0.1, -0.05) is 42.0 Å². The highest BCUT2D eigenvalue weighted by Crippen LogP contribution is 2.34. The molecule has 0 spiro atoms. The first kappa shape index (κ1) is 34.5. The zero-order chi connectivity index (χ0) is 36.2. The lowest BCUT2D eigenvalue weighted by Gasteiger charge is -2.27. The van der Waals surface area contributed by atoms with Crippen molar-refractivity contribution in [2.75, 3.05) is 41.0 Å². The molecule has 2 aliphatic rings. The van der Waals surface area contributed by atoms with Crippen molar-refractivity contribution in [2.45, 2.75) is 44.9 Å². The van der Waals surface area contributed by atoms with Gasteiger partial charge in [-0.05, 0) is 49.1 Å². The molecule has 266 valence electrons. The Balaban J connectivity index is 1.28. The number of carbonyl (C=O) groups excluding carboxylic acids is 2. The largest absolute Gasteiger partial charge is 0.493 e. The summed E-state index contributed by atoms with van der Waals surface area (Å²) in [5.41, 5.74) is 6.66. The first-order chi connectivity index (χ1) is 25.3. The van der Waals surface area contributed by atoms with E-state index in [0.717, 1.165) is 46.6 Å². The highest BCUT2D eigenvalue weighted by atomic mass is 16.5. The fourth-order valence-electron chi connectivity index (χ4n) is 6.30. The number of rotatable bonds is 8. The van der Waals surface area contributed by atoms with Gasteiger partial charge in [-0.15, -0.1) is 0 Å². The lowest BCUT2D eigenvalue weighted by Crippen LogP contribution is -2.31. The minimum absolute atomic E-state index is 0.0129. The molecule has 4 heterocycles. The van der Waals surface area contributed by atoms with E-state index in [2.05, 4.69) is 9.41 Å². The van der Waals surface area contributed by atoms with Crippen LogP contribution < -0.4 is 14.2 Å². The average Bonchev–Trinajstić information content (AvgIpc) is 3.49. The number of hydrogen-bond donors (Lipinski definition) is 0. The van der Waals surface area contributed by atoms with Crippen molar-refractivity contribution in [1.82, 2.24) is 19.4 Å². The summed E-state index contributed by atoms with van der Waals surface area (Å²) in [7, 11) is 4.64. The van der Waals surface area contributed by atoms with Crippen LogP contribution in [0, 0.1) is 6.57 Å². The number of methoxy groups -OCH3 is 1. The Hall–Kier alpha value is -5.93. The predicted octanol–water partition coefficient (Wildman–Crippen LogP) is 6.19. The Kier molecular flexibility index (Phi) is 10.0. The van der Waals surface area contributed by atoms with Gasteiger partial charge in [-0.25, -0.2) is 19.6 Å². The molecule has 12 nitrogen and oxygen atoms in total. The van der Waals surface area contributed by atoms with E-state index in [4.69, 9.17) is 40.2 Å². The van der Waals surface area contributed by atoms with Crippen molar-refractivity contribution in [1.29, 1.82) is 0 Å². The van der Waals surface area contributed by atoms with Gasteiger partial charge in [0, 0.05) is 44.3 Å². The first-order valence-electron chi connectivity index (χ1n) is 17.2. The van der Waals surface area contributed by atoms with Gasteiger partial charge < -0.3 is 33.2 Å². The molecule has 1 saturated heterocycles. The second-order valence-corrected chi connectivity index (χ2v) is 13.0. The average molecular weight is 702 g/mol. The number of likely N-dealkylation sites (N-methyl/N-ethyl adjacent to an activating group) is 1. The summed E-state index contributed by atoms with van der Waals surface area (Å²) in [6.07, 6.45) is 2.72. The van der Waals surface area contributed by atoms with E-state index in [1.165, 1.54) is 12.0 Å². The van der Waals surface area contributed by atoms with Crippen LogP contribution >= 0.6 is 0 Å². The third kappa shape index (κ3) is 7.41. The summed E-state index contributed by atoms with van der Waals surface area (Å²) in [6.45, 7) is 9.28. The molecule has 1 amide bonds. The summed E-state index contributed by atoms with van der Waals surface area (Å²) in [6, 6.07) is 20.7. The number of pyridine rings is 1. The molecule has 0 unspecified atom stereocenters. The fourth-order valence-corrected chi connectivity index (χ4v) is 6.30. The number of nitrogens with zero attached hydrogens (tertiary/aromatic N) is 5. The quantitative estimate of drug-likeness (QED) is 0.138. The van der Waals surface area contributed by atoms with Crippen molar-refractivity contribution in [3.05, 3.63) is 106 Å². The minimum atomic E-state index is -0.526. The van der Waals surface area contributed by atoms with Gasteiger partial charge in [0.15, 0.2) is 12.3 Å². The van der Waals surface area contributed by atoms with Crippen LogP contribution in [0.2, 0.25) is 0 Å². The molecule has 2 aromatic heterocycles. The molecule has 1 fully saturated rings. The third-order valence-corrected chi connectivity index (χ3v) is 9.33. The molecule has 0 saturated carbocycles. The molecule has 0 radical (unpaired) electrons. The van der Waals surface area contributed by atoms with Gasteiger partial charge in [0.2, 0.25) is 5.88 Å². The van der Waals surface area contributed by atoms with Gasteiger partial charge in [0.25, 0.3) is 5.91 Å². The molecule has 5 aromatic rings. The highest BCUT2D eigenvalue weighted by molar-refractivity contribution is 5.96. The number of imidazole rings is 1. The number of benzene rings is 3. The lowest BCUT2D eigenvalue weighted by atomic mass is 10.0. The molecule has 2 aliphatic heterocycles. The van der Waals surface area contributed by atoms with Crippen molar-refractivity contribution in [3.8, 4) is 28.6 Å². The lowest BCUT2D eigenvalue weighted by molar-refractivity contribution is -0.130. The zero-order valence-corrected chi connectivity index (χ0v) is 29.4. The molecule has 4 bridgehead atoms. The van der Waals surface area contributed by atoms with Gasteiger partial charge in [0.05, 0.1) is 49.7 Å². The molecule has 0 aliphatic carbocycles. The molecule has 12 heteroatoms. The maximum atomic E-state index is 12.8. The first-order valence-corrected chi connectivity index (χ1v) is 17.2. The van der Waals surface area contributed by atoms with Crippen LogP contribution in [-0.4, -0.2) is 78.4 Å². The number of amides is 1. The topological polar surface area (TPSA) is 119 Å². The van der Waals surface area contributed by atoms with Gasteiger partial charge >= 0.3 is 5.97 Å². The Bertz CT molecular complexity index is 2180. The molecule has 3 aromatic carbocycles. The maximum Gasteiger partial charge on any atom is 0.338 e. The number of fused-ring (bicyclic) bond motifs is 7. The monoisotopic (exact) mass is 701 g/mol. The SMILES string of the molecule is [C-]#[N+]c1ccc2c(c1)CCCOc1cc(ccc1Cc1nc3c(OCC(=O)N(C)C)cc(C(=O)OC)cc3n1C[C@@H]1CCO1)-c1cccc(n1)OC2. The third-order valence-electron chi connectivity index (χ3n) is 9.33. The summed E-state index contributed by atoms with van der Waals surface area (Å²) in [5, 5.41) is 0. The standard InChI is InChI=1S/C40H39N5O7/c1-41-30-13-12-28-23-52-37-9-5-8-32(42-37)26-10-11-27(34(19-26)50-15-6-7-25(28)17-30)21-36-43-39-33(45(36)22-31-14-16-49-31)18-29(40(47)48-4)20-35(39)51-24-38(46)44(2)3/h5,8-13,17-20,31H,6-7,14-16,21-24H2,2-4H3/t31-/m0/s1. The Morgan fingerprint density at radius 1 is 1.02 bits per heavy atom. The smallest absolute Gasteiger partial charge is 0.338 e. The molecular weight excluding hydrogens is 662 g/mol. The predicted molar refractivity (Wildman–Crippen MR) is 193 cm³/mol. The van der Waals surface area contributed by atoms with Crippen molar-refractivity contribution >= 4 is 28.6 Å². The summed E-state index contributed by atoms with van der Waals surface area (Å²) < 4.78 is 31.6. The van der Waals surface area contributed by atoms with Crippen molar-refractivity contribution in [2.24, 2.45) is 0 Å². The van der Waals surface area contributed by atoms with E-state index < -0.39 is 5.97 Å². The van der Waals surface area contributed by atoms with Crippen LogP contribution in [0.3, 0.4) is 0 Å². The second-order valence-electron chi connectivity index (χ2n) is 13.0. The van der Waals surface area contributed by atoms with Crippen molar-refractivity contribution in [3.63, 3.8) is 0 Å². The van der Waals surface area contributed by atoms with Crippen molar-refractivity contribution < 1.29 is 33.3 Å². The van der Waals surface area contributed by atoms with Crippen LogP contribution in [0.1, 0.15) is 45.7 Å². The van der Waals surface area contributed by atoms with Gasteiger partial charge in [-0.2, -0.15) is 0 Å². The molecule has 52 heavy (non-hydrogen) atoms. The van der Waals surface area contributed by atoms with Crippen LogP contribution in [0.25, 0.3) is 27.1 Å². The van der Waals surface area contributed by atoms with Gasteiger partial charge in [0.1, 0.15) is 29.4 Å². The molecular formula is C40H39N5O7. The van der Waals surface area contributed by atoms with Crippen LogP contribution in [-0.2, 0) is 40.3 Å². The van der Waals surface area contributed by atoms with E-state index in [1.54, 1.807) is 26.2 Å². The Labute approximate surface area is 301 Å². The normalized spacial score (nSPS) is 15.2. The Morgan fingerprint density at radius 2 is 1.88 bits per heavy atom. The molecule has 1 atom stereocenters. The number of esters is 1.